The van der Waals surface area contributed by atoms with Gasteiger partial charge in [0, 0.05) is 24.7 Å². The molecular weight excluding hydrogens is 454 g/mol. The maximum Gasteiger partial charge on any atom is 0.436 e. The number of benzene rings is 1. The molecule has 1 aromatic carbocycles. The number of anilines is 1. The number of hydrogen-bond acceptors (Lipinski definition) is 2. The second-order valence-corrected chi connectivity index (χ2v) is 7.64. The van der Waals surface area contributed by atoms with E-state index < -0.39 is 23.6 Å². The average molecular weight is 471 g/mol. The van der Waals surface area contributed by atoms with E-state index in [2.05, 4.69) is 15.7 Å². The van der Waals surface area contributed by atoms with Crippen molar-refractivity contribution in [2.75, 3.05) is 11.9 Å². The first-order valence-electron chi connectivity index (χ1n) is 9.02. The topological polar surface area (TPSA) is 41.9 Å². The Labute approximate surface area is 178 Å². The van der Waals surface area contributed by atoms with Gasteiger partial charge in [0.2, 0.25) is 0 Å². The van der Waals surface area contributed by atoms with E-state index in [9.17, 15) is 26.3 Å². The second-order valence-electron chi connectivity index (χ2n) is 6.86. The van der Waals surface area contributed by atoms with Crippen LogP contribution >= 0.6 is 23.8 Å². The molecule has 1 aliphatic carbocycles. The summed E-state index contributed by atoms with van der Waals surface area (Å²) in [6, 6.07) is 4.58. The van der Waals surface area contributed by atoms with Gasteiger partial charge in [-0.15, -0.1) is 0 Å². The minimum absolute atomic E-state index is 0.0160. The molecule has 2 N–H and O–H groups in total. The van der Waals surface area contributed by atoms with Crippen molar-refractivity contribution >= 4 is 34.6 Å². The molecule has 1 aromatic heterocycles. The largest absolute Gasteiger partial charge is 0.436 e. The molecule has 0 unspecified atom stereocenters. The van der Waals surface area contributed by atoms with Crippen molar-refractivity contribution in [2.24, 2.45) is 0 Å². The first kappa shape index (κ1) is 22.7. The van der Waals surface area contributed by atoms with Crippen LogP contribution in [0, 0.1) is 0 Å². The molecule has 0 spiro atoms. The first-order valence-corrected chi connectivity index (χ1v) is 9.81. The van der Waals surface area contributed by atoms with E-state index >= 15 is 0 Å². The summed E-state index contributed by atoms with van der Waals surface area (Å²) in [6.45, 7) is 0.481. The van der Waals surface area contributed by atoms with Crippen LogP contribution in [0.3, 0.4) is 0 Å². The molecule has 0 atom stereocenters. The third-order valence-corrected chi connectivity index (χ3v) is 5.06. The Kier molecular flexibility index (Phi) is 6.51. The standard InChI is InChI=1S/C18H17ClF6N4S/c19-13-14(10-5-6-10)29(28-15(13)18(23,24)25)8-2-7-26-16(30)27-12-4-1-3-11(9-12)17(20,21)22/h1,3-4,9-10H,2,5-8H2,(H2,26,27,30). The van der Waals surface area contributed by atoms with Crippen molar-refractivity contribution in [3.05, 3.63) is 46.2 Å². The van der Waals surface area contributed by atoms with E-state index in [1.165, 1.54) is 16.8 Å². The Morgan fingerprint density at radius 2 is 1.87 bits per heavy atom. The molecule has 1 aliphatic rings. The highest BCUT2D eigenvalue weighted by Gasteiger charge is 2.41. The molecule has 0 saturated heterocycles. The SMILES string of the molecule is FC(F)(F)c1cccc(NC(=S)NCCCn2nc(C(F)(F)F)c(Cl)c2C2CC2)c1. The van der Waals surface area contributed by atoms with Crippen molar-refractivity contribution in [3.8, 4) is 0 Å². The van der Waals surface area contributed by atoms with Crippen LogP contribution in [0.15, 0.2) is 24.3 Å². The third-order valence-electron chi connectivity index (χ3n) is 4.44. The second kappa shape index (κ2) is 8.62. The normalized spacial score (nSPS) is 14.6. The lowest BCUT2D eigenvalue weighted by Gasteiger charge is -2.13. The molecule has 1 fully saturated rings. The highest BCUT2D eigenvalue weighted by Crippen LogP contribution is 2.46. The molecule has 1 saturated carbocycles. The Bertz CT molecular complexity index is 920. The fourth-order valence-electron chi connectivity index (χ4n) is 2.93. The quantitative estimate of drug-likeness (QED) is 0.317. The van der Waals surface area contributed by atoms with E-state index in [1.54, 1.807) is 0 Å². The predicted octanol–water partition coefficient (Wildman–Crippen LogP) is 5.83. The number of nitrogens with one attached hydrogen (secondary N) is 2. The third kappa shape index (κ3) is 5.57. The summed E-state index contributed by atoms with van der Waals surface area (Å²) in [6.07, 6.45) is -7.16. The van der Waals surface area contributed by atoms with E-state index in [1.807, 2.05) is 0 Å². The van der Waals surface area contributed by atoms with Crippen LogP contribution in [0.5, 0.6) is 0 Å². The zero-order valence-corrected chi connectivity index (χ0v) is 16.9. The number of alkyl halides is 6. The zero-order valence-electron chi connectivity index (χ0n) is 15.4. The number of rotatable bonds is 6. The molecule has 4 nitrogen and oxygen atoms in total. The fraction of sp³-hybridized carbons (Fsp3) is 0.444. The maximum atomic E-state index is 13.1. The number of thiocarbonyl (C=S) groups is 1. The van der Waals surface area contributed by atoms with Crippen LogP contribution in [-0.2, 0) is 18.9 Å². The fourth-order valence-corrected chi connectivity index (χ4v) is 3.55. The molecule has 1 heterocycles. The van der Waals surface area contributed by atoms with Gasteiger partial charge in [-0.05, 0) is 49.7 Å². The summed E-state index contributed by atoms with van der Waals surface area (Å²) < 4.78 is 78.7. The summed E-state index contributed by atoms with van der Waals surface area (Å²) in [7, 11) is 0. The van der Waals surface area contributed by atoms with Crippen LogP contribution in [-0.4, -0.2) is 21.4 Å². The number of aromatic nitrogens is 2. The summed E-state index contributed by atoms with van der Waals surface area (Å²) in [5.41, 5.74) is -1.32. The van der Waals surface area contributed by atoms with E-state index in [4.69, 9.17) is 23.8 Å². The van der Waals surface area contributed by atoms with Gasteiger partial charge in [-0.2, -0.15) is 31.4 Å². The minimum atomic E-state index is -4.62. The Morgan fingerprint density at radius 3 is 2.47 bits per heavy atom. The highest BCUT2D eigenvalue weighted by molar-refractivity contribution is 7.80. The van der Waals surface area contributed by atoms with Gasteiger partial charge in [0.1, 0.15) is 0 Å². The zero-order chi connectivity index (χ0) is 22.1. The molecule has 30 heavy (non-hydrogen) atoms. The summed E-state index contributed by atoms with van der Waals surface area (Å²) >= 11 is 11.0. The van der Waals surface area contributed by atoms with Gasteiger partial charge in [0.25, 0.3) is 0 Å². The number of aryl methyl sites for hydroxylation is 1. The van der Waals surface area contributed by atoms with Gasteiger partial charge in [-0.25, -0.2) is 0 Å². The van der Waals surface area contributed by atoms with Crippen molar-refractivity contribution < 1.29 is 26.3 Å². The highest BCUT2D eigenvalue weighted by atomic mass is 35.5. The molecule has 2 aromatic rings. The number of nitrogens with zero attached hydrogens (tertiary/aromatic N) is 2. The average Bonchev–Trinajstić information content (AvgIpc) is 3.40. The molecule has 0 amide bonds. The molecule has 164 valence electrons. The van der Waals surface area contributed by atoms with Gasteiger partial charge in [-0.3, -0.25) is 4.68 Å². The Morgan fingerprint density at radius 1 is 1.17 bits per heavy atom. The van der Waals surface area contributed by atoms with Gasteiger partial charge >= 0.3 is 12.4 Å². The van der Waals surface area contributed by atoms with Crippen molar-refractivity contribution in [1.29, 1.82) is 0 Å². The molecule has 12 heteroatoms. The molecule has 3 rings (SSSR count). The van der Waals surface area contributed by atoms with Crippen LogP contribution in [0.1, 0.15) is 42.1 Å². The lowest BCUT2D eigenvalue weighted by molar-refractivity contribution is -0.141. The van der Waals surface area contributed by atoms with Crippen LogP contribution in [0.2, 0.25) is 5.02 Å². The molecule has 0 aliphatic heterocycles. The van der Waals surface area contributed by atoms with Gasteiger partial charge in [-0.1, -0.05) is 17.7 Å². The van der Waals surface area contributed by atoms with E-state index in [0.717, 1.165) is 25.0 Å². The lowest BCUT2D eigenvalue weighted by atomic mass is 10.2. The Hall–Kier alpha value is -2.01. The van der Waals surface area contributed by atoms with E-state index in [0.29, 0.717) is 12.1 Å². The van der Waals surface area contributed by atoms with Gasteiger partial charge < -0.3 is 10.6 Å². The van der Waals surface area contributed by atoms with E-state index in [-0.39, 0.29) is 34.8 Å². The van der Waals surface area contributed by atoms with Crippen LogP contribution in [0.25, 0.3) is 0 Å². The van der Waals surface area contributed by atoms with Crippen molar-refractivity contribution in [2.45, 2.75) is 44.1 Å². The smallest absolute Gasteiger partial charge is 0.362 e. The van der Waals surface area contributed by atoms with Crippen molar-refractivity contribution in [1.82, 2.24) is 15.1 Å². The monoisotopic (exact) mass is 470 g/mol. The number of hydrogen-bond donors (Lipinski definition) is 2. The molecule has 0 radical (unpaired) electrons. The maximum absolute atomic E-state index is 13.1. The Balaban J connectivity index is 1.54. The van der Waals surface area contributed by atoms with Crippen molar-refractivity contribution in [3.63, 3.8) is 0 Å². The molecular formula is C18H17ClF6N4S. The summed E-state index contributed by atoms with van der Waals surface area (Å²) in [5, 5.41) is 8.86. The predicted molar refractivity (Wildman–Crippen MR) is 104 cm³/mol. The minimum Gasteiger partial charge on any atom is -0.362 e. The summed E-state index contributed by atoms with van der Waals surface area (Å²) in [5.74, 6) is -0.0160. The van der Waals surface area contributed by atoms with Gasteiger partial charge in [0.15, 0.2) is 10.8 Å². The molecule has 0 bridgehead atoms. The first-order chi connectivity index (χ1) is 14.0. The summed E-state index contributed by atoms with van der Waals surface area (Å²) in [4.78, 5) is 0. The lowest BCUT2D eigenvalue weighted by Crippen LogP contribution is -2.30. The van der Waals surface area contributed by atoms with Gasteiger partial charge in [0.05, 0.1) is 16.3 Å². The number of halogens is 7. The van der Waals surface area contributed by atoms with Crippen LogP contribution < -0.4 is 10.6 Å². The van der Waals surface area contributed by atoms with Crippen LogP contribution in [0.4, 0.5) is 32.0 Å².